The minimum Gasteiger partial charge on any atom is -0.308 e. The third-order valence-corrected chi connectivity index (χ3v) is 4.44. The molecule has 1 N–H and O–H groups in total. The van der Waals surface area contributed by atoms with E-state index in [4.69, 9.17) is 0 Å². The predicted molar refractivity (Wildman–Crippen MR) is 76.7 cm³/mol. The number of benzene rings is 1. The molecule has 0 bridgehead atoms. The summed E-state index contributed by atoms with van der Waals surface area (Å²) >= 11 is 8.33. The van der Waals surface area contributed by atoms with E-state index in [2.05, 4.69) is 43.2 Å². The van der Waals surface area contributed by atoms with Gasteiger partial charge in [0.15, 0.2) is 0 Å². The molecule has 1 aromatic heterocycles. The van der Waals surface area contributed by atoms with Crippen LogP contribution < -0.4 is 5.32 Å². The van der Waals surface area contributed by atoms with Crippen LogP contribution >= 0.6 is 43.2 Å². The number of hydrogen-bond acceptors (Lipinski definition) is 2. The summed E-state index contributed by atoms with van der Waals surface area (Å²) in [5, 5.41) is 5.26. The summed E-state index contributed by atoms with van der Waals surface area (Å²) in [7, 11) is 0. The number of halogens is 3. The van der Waals surface area contributed by atoms with E-state index in [9.17, 15) is 4.39 Å². The van der Waals surface area contributed by atoms with Crippen molar-refractivity contribution in [2.24, 2.45) is 0 Å². The van der Waals surface area contributed by atoms with Crippen molar-refractivity contribution >= 4 is 43.2 Å². The molecule has 0 aliphatic rings. The first kappa shape index (κ1) is 13.2. The molecule has 17 heavy (non-hydrogen) atoms. The summed E-state index contributed by atoms with van der Waals surface area (Å²) in [5.74, 6) is -0.181. The maximum Gasteiger partial charge on any atom is 0.128 e. The summed E-state index contributed by atoms with van der Waals surface area (Å²) in [4.78, 5) is 1.23. The maximum atomic E-state index is 13.5. The van der Waals surface area contributed by atoms with Gasteiger partial charge in [-0.2, -0.15) is 0 Å². The molecular formula is C12H10Br2FNS. The molecule has 90 valence electrons. The van der Waals surface area contributed by atoms with E-state index in [0.29, 0.717) is 12.1 Å². The van der Waals surface area contributed by atoms with Gasteiger partial charge in [0, 0.05) is 37.9 Å². The fraction of sp³-hybridized carbons (Fsp3) is 0.167. The average molecular weight is 379 g/mol. The van der Waals surface area contributed by atoms with Crippen LogP contribution in [0.25, 0.3) is 0 Å². The van der Waals surface area contributed by atoms with Crippen molar-refractivity contribution in [3.63, 3.8) is 0 Å². The van der Waals surface area contributed by atoms with Crippen molar-refractivity contribution < 1.29 is 4.39 Å². The lowest BCUT2D eigenvalue weighted by molar-refractivity contribution is 0.588. The maximum absolute atomic E-state index is 13.5. The molecule has 0 atom stereocenters. The van der Waals surface area contributed by atoms with Crippen LogP contribution in [0.2, 0.25) is 0 Å². The Bertz CT molecular complexity index is 513. The number of hydrogen-bond donors (Lipinski definition) is 1. The Hall–Kier alpha value is -0.230. The summed E-state index contributed by atoms with van der Waals surface area (Å²) in [6.07, 6.45) is 0. The highest BCUT2D eigenvalue weighted by Crippen LogP contribution is 2.20. The van der Waals surface area contributed by atoms with Crippen LogP contribution in [0.3, 0.4) is 0 Å². The first-order valence-corrected chi connectivity index (χ1v) is 7.49. The second kappa shape index (κ2) is 6.09. The highest BCUT2D eigenvalue weighted by Gasteiger charge is 2.03. The van der Waals surface area contributed by atoms with Crippen molar-refractivity contribution in [1.29, 1.82) is 0 Å². The SMILES string of the molecule is Fc1cc(Br)ccc1CNCc1cc(Br)cs1. The third kappa shape index (κ3) is 3.88. The van der Waals surface area contributed by atoms with Crippen LogP contribution in [0.5, 0.6) is 0 Å². The van der Waals surface area contributed by atoms with Crippen LogP contribution in [0, 0.1) is 5.82 Å². The normalized spacial score (nSPS) is 10.8. The highest BCUT2D eigenvalue weighted by atomic mass is 79.9. The Balaban J connectivity index is 1.90. The van der Waals surface area contributed by atoms with Gasteiger partial charge in [0.25, 0.3) is 0 Å². The summed E-state index contributed by atoms with van der Waals surface area (Å²) < 4.78 is 15.4. The molecule has 5 heteroatoms. The van der Waals surface area contributed by atoms with Gasteiger partial charge < -0.3 is 5.32 Å². The molecule has 0 aliphatic heterocycles. The second-order valence-corrected chi connectivity index (χ2v) is 6.40. The molecule has 0 spiro atoms. The minimum absolute atomic E-state index is 0.181. The van der Waals surface area contributed by atoms with E-state index < -0.39 is 0 Å². The molecular weight excluding hydrogens is 369 g/mol. The number of thiophene rings is 1. The number of rotatable bonds is 4. The summed E-state index contributed by atoms with van der Waals surface area (Å²) in [5.41, 5.74) is 0.684. The van der Waals surface area contributed by atoms with Crippen molar-refractivity contribution in [1.82, 2.24) is 5.32 Å². The fourth-order valence-electron chi connectivity index (χ4n) is 1.43. The van der Waals surface area contributed by atoms with Crippen LogP contribution in [0.1, 0.15) is 10.4 Å². The Labute approximate surface area is 120 Å². The van der Waals surface area contributed by atoms with E-state index in [1.807, 2.05) is 11.4 Å². The average Bonchev–Trinajstić information content (AvgIpc) is 2.68. The second-order valence-electron chi connectivity index (χ2n) is 3.57. The molecule has 0 saturated heterocycles. The van der Waals surface area contributed by atoms with E-state index in [-0.39, 0.29) is 5.82 Å². The molecule has 0 radical (unpaired) electrons. The quantitative estimate of drug-likeness (QED) is 0.812. The Morgan fingerprint density at radius 3 is 2.59 bits per heavy atom. The molecule has 2 rings (SSSR count). The molecule has 1 heterocycles. The zero-order chi connectivity index (χ0) is 12.3. The third-order valence-electron chi connectivity index (χ3n) is 2.25. The van der Waals surface area contributed by atoms with Crippen LogP contribution in [0.15, 0.2) is 38.6 Å². The van der Waals surface area contributed by atoms with Gasteiger partial charge in [-0.3, -0.25) is 0 Å². The monoisotopic (exact) mass is 377 g/mol. The molecule has 1 aromatic carbocycles. The first-order chi connectivity index (χ1) is 8.15. The Kier molecular flexibility index (Phi) is 4.73. The van der Waals surface area contributed by atoms with E-state index in [1.54, 1.807) is 17.4 Å². The molecule has 0 aliphatic carbocycles. The van der Waals surface area contributed by atoms with Crippen molar-refractivity contribution in [2.45, 2.75) is 13.1 Å². The first-order valence-electron chi connectivity index (χ1n) is 5.03. The fourth-order valence-corrected chi connectivity index (χ4v) is 3.19. The molecule has 0 fully saturated rings. The van der Waals surface area contributed by atoms with Crippen LogP contribution in [-0.4, -0.2) is 0 Å². The van der Waals surface area contributed by atoms with Crippen molar-refractivity contribution in [3.8, 4) is 0 Å². The standard InChI is InChI=1S/C12H10Br2FNS/c13-9-2-1-8(12(15)4-9)5-16-6-11-3-10(14)7-17-11/h1-4,7,16H,5-6H2. The van der Waals surface area contributed by atoms with Crippen molar-refractivity contribution in [3.05, 3.63) is 54.8 Å². The van der Waals surface area contributed by atoms with Gasteiger partial charge in [-0.1, -0.05) is 22.0 Å². The smallest absolute Gasteiger partial charge is 0.128 e. The van der Waals surface area contributed by atoms with E-state index in [0.717, 1.165) is 15.5 Å². The van der Waals surface area contributed by atoms with Gasteiger partial charge >= 0.3 is 0 Å². The van der Waals surface area contributed by atoms with Crippen molar-refractivity contribution in [2.75, 3.05) is 0 Å². The van der Waals surface area contributed by atoms with Gasteiger partial charge in [-0.15, -0.1) is 11.3 Å². The zero-order valence-electron chi connectivity index (χ0n) is 8.84. The lowest BCUT2D eigenvalue weighted by Crippen LogP contribution is -2.12. The van der Waals surface area contributed by atoms with Gasteiger partial charge in [0.05, 0.1) is 0 Å². The van der Waals surface area contributed by atoms with Gasteiger partial charge in [0.2, 0.25) is 0 Å². The Morgan fingerprint density at radius 2 is 1.94 bits per heavy atom. The minimum atomic E-state index is -0.181. The van der Waals surface area contributed by atoms with Crippen LogP contribution in [0.4, 0.5) is 4.39 Å². The zero-order valence-corrected chi connectivity index (χ0v) is 12.8. The Morgan fingerprint density at radius 1 is 1.12 bits per heavy atom. The topological polar surface area (TPSA) is 12.0 Å². The molecule has 1 nitrogen and oxygen atoms in total. The lowest BCUT2D eigenvalue weighted by atomic mass is 10.2. The van der Waals surface area contributed by atoms with Crippen LogP contribution in [-0.2, 0) is 13.1 Å². The largest absolute Gasteiger partial charge is 0.308 e. The molecule has 2 aromatic rings. The summed E-state index contributed by atoms with van der Waals surface area (Å²) in [6, 6.07) is 7.19. The summed E-state index contributed by atoms with van der Waals surface area (Å²) in [6.45, 7) is 1.29. The molecule has 0 unspecified atom stereocenters. The predicted octanol–water partition coefficient (Wildman–Crippen LogP) is 4.70. The lowest BCUT2D eigenvalue weighted by Gasteiger charge is -2.05. The number of nitrogens with one attached hydrogen (secondary N) is 1. The van der Waals surface area contributed by atoms with Gasteiger partial charge in [-0.25, -0.2) is 4.39 Å². The van der Waals surface area contributed by atoms with E-state index in [1.165, 1.54) is 10.9 Å². The molecule has 0 amide bonds. The molecule has 0 saturated carbocycles. The highest BCUT2D eigenvalue weighted by molar-refractivity contribution is 9.10. The van der Waals surface area contributed by atoms with E-state index >= 15 is 0 Å². The van der Waals surface area contributed by atoms with Gasteiger partial charge in [-0.05, 0) is 34.1 Å². The van der Waals surface area contributed by atoms with Gasteiger partial charge in [0.1, 0.15) is 5.82 Å².